The van der Waals surface area contributed by atoms with Crippen molar-refractivity contribution in [2.75, 3.05) is 33.9 Å². The van der Waals surface area contributed by atoms with Crippen LogP contribution in [0.5, 0.6) is 23.0 Å². The Bertz CT molecular complexity index is 1170. The molecule has 37 heavy (non-hydrogen) atoms. The number of carbonyl (C=O) groups excluding carboxylic acids is 3. The van der Waals surface area contributed by atoms with Crippen LogP contribution in [0.3, 0.4) is 0 Å². The first-order valence-corrected chi connectivity index (χ1v) is 12.3. The third-order valence-electron chi connectivity index (χ3n) is 6.29. The summed E-state index contributed by atoms with van der Waals surface area (Å²) in [7, 11) is 3.03. The summed E-state index contributed by atoms with van der Waals surface area (Å²) in [6.07, 6.45) is -0.0644. The molecule has 0 aliphatic carbocycles. The molecule has 4 bridgehead atoms. The minimum absolute atomic E-state index is 0.0169. The highest BCUT2D eigenvalue weighted by atomic mass is 16.5. The van der Waals surface area contributed by atoms with E-state index in [9.17, 15) is 14.4 Å². The Balaban J connectivity index is 1.68. The molecule has 3 aliphatic heterocycles. The predicted octanol–water partition coefficient (Wildman–Crippen LogP) is 2.15. The Labute approximate surface area is 216 Å². The van der Waals surface area contributed by atoms with Gasteiger partial charge in [-0.2, -0.15) is 0 Å². The van der Waals surface area contributed by atoms with E-state index in [-0.39, 0.29) is 36.8 Å². The molecular formula is C27H33N3O7. The molecule has 198 valence electrons. The van der Waals surface area contributed by atoms with Crippen LogP contribution in [-0.2, 0) is 16.1 Å². The van der Waals surface area contributed by atoms with Gasteiger partial charge in [0.15, 0.2) is 6.61 Å². The lowest BCUT2D eigenvalue weighted by Crippen LogP contribution is -2.45. The zero-order valence-corrected chi connectivity index (χ0v) is 21.5. The number of rotatable bonds is 4. The monoisotopic (exact) mass is 511 g/mol. The first-order valence-electron chi connectivity index (χ1n) is 12.3. The lowest BCUT2D eigenvalue weighted by atomic mass is 10.1. The van der Waals surface area contributed by atoms with Gasteiger partial charge >= 0.3 is 0 Å². The number of benzene rings is 2. The topological polar surface area (TPSA) is 115 Å². The van der Waals surface area contributed by atoms with Crippen molar-refractivity contribution in [3.05, 3.63) is 47.5 Å². The van der Waals surface area contributed by atoms with E-state index in [1.165, 1.54) is 7.11 Å². The summed E-state index contributed by atoms with van der Waals surface area (Å²) >= 11 is 0. The molecule has 0 spiro atoms. The van der Waals surface area contributed by atoms with Gasteiger partial charge in [0.1, 0.15) is 29.1 Å². The average Bonchev–Trinajstić information content (AvgIpc) is 3.27. The third-order valence-corrected chi connectivity index (χ3v) is 6.29. The fraction of sp³-hybridized carbons (Fsp3) is 0.444. The SMILES string of the molecule is COc1cc2cc(c1)C(=O)N[C@H]1CN(C(=O)CC(C)C)C[C@@H]1Oc1ccc(c(OC)c1)CNC(=O)CO2. The van der Waals surface area contributed by atoms with Crippen LogP contribution < -0.4 is 29.6 Å². The maximum absolute atomic E-state index is 13.3. The van der Waals surface area contributed by atoms with E-state index in [4.69, 9.17) is 18.9 Å². The molecular weight excluding hydrogens is 478 g/mol. The van der Waals surface area contributed by atoms with Crippen molar-refractivity contribution >= 4 is 17.7 Å². The average molecular weight is 512 g/mol. The highest BCUT2D eigenvalue weighted by molar-refractivity contribution is 5.95. The summed E-state index contributed by atoms with van der Waals surface area (Å²) < 4.78 is 22.8. The number of fused-ring (bicyclic) bond motifs is 7. The van der Waals surface area contributed by atoms with Crippen LogP contribution in [0.4, 0.5) is 0 Å². The Kier molecular flexibility index (Phi) is 8.05. The number of ether oxygens (including phenoxy) is 4. The second-order valence-electron chi connectivity index (χ2n) is 9.57. The number of nitrogens with zero attached hydrogens (tertiary/aromatic N) is 1. The van der Waals surface area contributed by atoms with Crippen LogP contribution in [-0.4, -0.2) is 68.7 Å². The lowest BCUT2D eigenvalue weighted by Gasteiger charge is -2.22. The van der Waals surface area contributed by atoms with Gasteiger partial charge in [0.2, 0.25) is 5.91 Å². The third kappa shape index (κ3) is 6.44. The Morgan fingerprint density at radius 2 is 1.89 bits per heavy atom. The molecule has 2 N–H and O–H groups in total. The van der Waals surface area contributed by atoms with Crippen molar-refractivity contribution in [2.45, 2.75) is 39.0 Å². The van der Waals surface area contributed by atoms with Gasteiger partial charge in [-0.1, -0.05) is 13.8 Å². The highest BCUT2D eigenvalue weighted by Crippen LogP contribution is 2.28. The molecule has 3 aliphatic rings. The fourth-order valence-electron chi connectivity index (χ4n) is 4.38. The molecule has 0 saturated carbocycles. The first kappa shape index (κ1) is 26.1. The smallest absolute Gasteiger partial charge is 0.258 e. The van der Waals surface area contributed by atoms with Crippen molar-refractivity contribution in [3.8, 4) is 23.0 Å². The zero-order chi connectivity index (χ0) is 26.5. The van der Waals surface area contributed by atoms with Crippen molar-refractivity contribution in [3.63, 3.8) is 0 Å². The van der Waals surface area contributed by atoms with Gasteiger partial charge in [0.05, 0.1) is 26.8 Å². The second kappa shape index (κ2) is 11.4. The number of methoxy groups -OCH3 is 2. The normalized spacial score (nSPS) is 19.8. The molecule has 0 radical (unpaired) electrons. The van der Waals surface area contributed by atoms with Gasteiger partial charge in [-0.3, -0.25) is 14.4 Å². The Morgan fingerprint density at radius 1 is 1.08 bits per heavy atom. The van der Waals surface area contributed by atoms with Gasteiger partial charge < -0.3 is 34.5 Å². The lowest BCUT2D eigenvalue weighted by molar-refractivity contribution is -0.131. The molecule has 2 aromatic carbocycles. The standard InChI is InChI=1S/C27H33N3O7/c1-16(2)7-26(32)30-13-22-24(14-30)37-19-6-5-17(23(11-19)35-4)12-28-25(31)15-36-21-9-18(27(33)29-22)8-20(10-21)34-3/h5-6,8-11,16,22,24H,7,12-15H2,1-4H3,(H,28,31)(H,29,33)/t22-,24-/m0/s1. The number of hydrogen-bond acceptors (Lipinski definition) is 7. The van der Waals surface area contributed by atoms with E-state index < -0.39 is 12.1 Å². The molecule has 10 heteroatoms. The summed E-state index contributed by atoms with van der Waals surface area (Å²) in [5.74, 6) is 1.34. The summed E-state index contributed by atoms with van der Waals surface area (Å²) in [5, 5.41) is 5.82. The summed E-state index contributed by atoms with van der Waals surface area (Å²) in [5.41, 5.74) is 1.07. The molecule has 0 aromatic heterocycles. The molecule has 10 nitrogen and oxygen atoms in total. The molecule has 2 aromatic rings. The van der Waals surface area contributed by atoms with Gasteiger partial charge in [0.25, 0.3) is 11.8 Å². The van der Waals surface area contributed by atoms with Crippen LogP contribution in [0.2, 0.25) is 0 Å². The van der Waals surface area contributed by atoms with E-state index in [0.717, 1.165) is 5.56 Å². The van der Waals surface area contributed by atoms with Crippen molar-refractivity contribution in [1.82, 2.24) is 15.5 Å². The molecule has 5 rings (SSSR count). The van der Waals surface area contributed by atoms with Crippen LogP contribution in [0, 0.1) is 5.92 Å². The predicted molar refractivity (Wildman–Crippen MR) is 135 cm³/mol. The summed E-state index contributed by atoms with van der Waals surface area (Å²) in [6.45, 7) is 4.64. The van der Waals surface area contributed by atoms with Gasteiger partial charge in [-0.25, -0.2) is 0 Å². The van der Waals surface area contributed by atoms with Crippen molar-refractivity contribution in [1.29, 1.82) is 0 Å². The quantitative estimate of drug-likeness (QED) is 0.646. The number of amides is 3. The zero-order valence-electron chi connectivity index (χ0n) is 21.5. The van der Waals surface area contributed by atoms with E-state index >= 15 is 0 Å². The number of carbonyl (C=O) groups is 3. The fourth-order valence-corrected chi connectivity index (χ4v) is 4.38. The molecule has 0 unspecified atom stereocenters. The van der Waals surface area contributed by atoms with Crippen molar-refractivity contribution < 1.29 is 33.3 Å². The van der Waals surface area contributed by atoms with Gasteiger partial charge in [0, 0.05) is 42.8 Å². The first-order chi connectivity index (χ1) is 17.7. The van der Waals surface area contributed by atoms with Crippen molar-refractivity contribution in [2.24, 2.45) is 5.92 Å². The minimum atomic E-state index is -0.479. The molecule has 3 amide bonds. The Morgan fingerprint density at radius 3 is 2.62 bits per heavy atom. The molecule has 1 fully saturated rings. The summed E-state index contributed by atoms with van der Waals surface area (Å²) in [6, 6.07) is 9.62. The number of nitrogens with one attached hydrogen (secondary N) is 2. The van der Waals surface area contributed by atoms with E-state index in [1.807, 2.05) is 19.9 Å². The van der Waals surface area contributed by atoms with Crippen LogP contribution >= 0.6 is 0 Å². The van der Waals surface area contributed by atoms with Crippen LogP contribution in [0.15, 0.2) is 36.4 Å². The van der Waals surface area contributed by atoms with Crippen LogP contribution in [0.25, 0.3) is 0 Å². The minimum Gasteiger partial charge on any atom is -0.497 e. The van der Waals surface area contributed by atoms with Crippen LogP contribution in [0.1, 0.15) is 36.2 Å². The summed E-state index contributed by atoms with van der Waals surface area (Å²) in [4.78, 5) is 40.3. The molecule has 1 saturated heterocycles. The highest BCUT2D eigenvalue weighted by Gasteiger charge is 2.38. The Hall–Kier alpha value is -3.95. The van der Waals surface area contributed by atoms with Gasteiger partial charge in [-0.15, -0.1) is 0 Å². The molecule has 3 heterocycles. The van der Waals surface area contributed by atoms with Gasteiger partial charge in [-0.05, 0) is 30.2 Å². The van der Waals surface area contributed by atoms with E-state index in [2.05, 4.69) is 10.6 Å². The van der Waals surface area contributed by atoms with E-state index in [0.29, 0.717) is 48.1 Å². The van der Waals surface area contributed by atoms with E-state index in [1.54, 1.807) is 42.3 Å². The maximum Gasteiger partial charge on any atom is 0.258 e. The number of likely N-dealkylation sites (tertiary alicyclic amines) is 1. The second-order valence-corrected chi connectivity index (χ2v) is 9.57. The number of hydrogen-bond donors (Lipinski definition) is 2. The maximum atomic E-state index is 13.3. The molecule has 2 atom stereocenters. The largest absolute Gasteiger partial charge is 0.497 e.